The zero-order chi connectivity index (χ0) is 13.7. The summed E-state index contributed by atoms with van der Waals surface area (Å²) in [5, 5.41) is 19.9. The fraction of sp³-hybridized carbons (Fsp3) is 0.571. The van der Waals surface area contributed by atoms with Gasteiger partial charge in [-0.05, 0) is 13.0 Å². The van der Waals surface area contributed by atoms with Gasteiger partial charge in [0.15, 0.2) is 0 Å². The monoisotopic (exact) mass is 281 g/mol. The van der Waals surface area contributed by atoms with Crippen LogP contribution in [0.3, 0.4) is 0 Å². The maximum Gasteiger partial charge on any atom is 0.104 e. The first-order chi connectivity index (χ1) is 9.21. The van der Waals surface area contributed by atoms with Gasteiger partial charge in [-0.1, -0.05) is 11.8 Å². The molecule has 1 aliphatic heterocycles. The Morgan fingerprint density at radius 3 is 3.05 bits per heavy atom. The Bertz CT molecular complexity index is 463. The highest BCUT2D eigenvalue weighted by Gasteiger charge is 2.24. The third-order valence-corrected chi connectivity index (χ3v) is 3.87. The lowest BCUT2D eigenvalue weighted by atomic mass is 10.2. The molecule has 2 heterocycles. The Kier molecular flexibility index (Phi) is 5.37. The first-order valence-corrected chi connectivity index (χ1v) is 7.25. The van der Waals surface area contributed by atoms with E-state index in [1.165, 1.54) is 4.88 Å². The van der Waals surface area contributed by atoms with Gasteiger partial charge in [0.25, 0.3) is 0 Å². The van der Waals surface area contributed by atoms with Crippen molar-refractivity contribution in [2.24, 2.45) is 0 Å². The number of aliphatic hydroxyl groups excluding tert-OH is 2. The molecule has 0 bridgehead atoms. The lowest BCUT2D eigenvalue weighted by molar-refractivity contribution is -0.0970. The van der Waals surface area contributed by atoms with Crippen molar-refractivity contribution < 1.29 is 14.9 Å². The Morgan fingerprint density at radius 1 is 1.47 bits per heavy atom. The number of hydrogen-bond acceptors (Lipinski definition) is 5. The molecule has 1 aromatic heterocycles. The van der Waals surface area contributed by atoms with Crippen molar-refractivity contribution in [3.63, 3.8) is 0 Å². The molecule has 0 spiro atoms. The Hall–Kier alpha value is -0.900. The van der Waals surface area contributed by atoms with E-state index >= 15 is 0 Å². The molecule has 1 aliphatic rings. The molecular weight excluding hydrogens is 262 g/mol. The number of hydrogen-bond donors (Lipinski definition) is 2. The molecule has 2 unspecified atom stereocenters. The summed E-state index contributed by atoms with van der Waals surface area (Å²) in [5.74, 6) is 5.56. The van der Waals surface area contributed by atoms with Crippen molar-refractivity contribution in [1.29, 1.82) is 0 Å². The van der Waals surface area contributed by atoms with Gasteiger partial charge in [0.1, 0.15) is 6.61 Å². The van der Waals surface area contributed by atoms with Crippen molar-refractivity contribution in [2.45, 2.75) is 25.7 Å². The molecule has 2 N–H and O–H groups in total. The number of ether oxygens (including phenoxy) is 1. The van der Waals surface area contributed by atoms with E-state index in [2.05, 4.69) is 22.8 Å². The Labute approximate surface area is 117 Å². The van der Waals surface area contributed by atoms with Crippen LogP contribution in [0.25, 0.3) is 0 Å². The number of morpholine rings is 1. The third-order valence-electron chi connectivity index (χ3n) is 2.95. The van der Waals surface area contributed by atoms with Crippen LogP contribution in [-0.2, 0) is 11.3 Å². The minimum absolute atomic E-state index is 0.0680. The van der Waals surface area contributed by atoms with Crippen LogP contribution in [0.5, 0.6) is 0 Å². The average molecular weight is 281 g/mol. The standard InChI is InChI=1S/C14H19NO3S/c1-11-6-15(7-13(9-17)18-11)8-14-5-12(10-19-14)3-2-4-16/h5,10-11,13,16-17H,4,6-9H2,1H3. The molecule has 104 valence electrons. The first-order valence-electron chi connectivity index (χ1n) is 6.37. The van der Waals surface area contributed by atoms with Crippen molar-refractivity contribution in [1.82, 2.24) is 4.90 Å². The zero-order valence-corrected chi connectivity index (χ0v) is 11.8. The molecule has 5 heteroatoms. The van der Waals surface area contributed by atoms with Gasteiger partial charge in [0.05, 0.1) is 18.8 Å². The van der Waals surface area contributed by atoms with E-state index in [-0.39, 0.29) is 25.4 Å². The highest BCUT2D eigenvalue weighted by Crippen LogP contribution is 2.19. The largest absolute Gasteiger partial charge is 0.394 e. The summed E-state index contributed by atoms with van der Waals surface area (Å²) < 4.78 is 5.62. The maximum atomic E-state index is 9.20. The second kappa shape index (κ2) is 7.04. The topological polar surface area (TPSA) is 52.9 Å². The molecule has 19 heavy (non-hydrogen) atoms. The average Bonchev–Trinajstić information content (AvgIpc) is 2.83. The lowest BCUT2D eigenvalue weighted by Gasteiger charge is -2.35. The molecule has 0 amide bonds. The summed E-state index contributed by atoms with van der Waals surface area (Å²) in [7, 11) is 0. The van der Waals surface area contributed by atoms with Crippen LogP contribution in [0.1, 0.15) is 17.4 Å². The van der Waals surface area contributed by atoms with Crippen molar-refractivity contribution >= 4 is 11.3 Å². The molecule has 0 saturated carbocycles. The predicted octanol–water partition coefficient (Wildman–Crippen LogP) is 0.674. The molecule has 4 nitrogen and oxygen atoms in total. The van der Waals surface area contributed by atoms with Crippen LogP contribution in [0.2, 0.25) is 0 Å². The molecule has 1 fully saturated rings. The summed E-state index contributed by atoms with van der Waals surface area (Å²) in [4.78, 5) is 3.54. The van der Waals surface area contributed by atoms with Crippen LogP contribution in [0, 0.1) is 11.8 Å². The van der Waals surface area contributed by atoms with Crippen LogP contribution < -0.4 is 0 Å². The minimum atomic E-state index is -0.107. The summed E-state index contributed by atoms with van der Waals surface area (Å²) in [6.45, 7) is 4.49. The number of thiophene rings is 1. The van der Waals surface area contributed by atoms with E-state index in [0.29, 0.717) is 0 Å². The maximum absolute atomic E-state index is 9.20. The van der Waals surface area contributed by atoms with Crippen molar-refractivity contribution in [2.75, 3.05) is 26.3 Å². The van der Waals surface area contributed by atoms with Gasteiger partial charge < -0.3 is 14.9 Å². The van der Waals surface area contributed by atoms with Crippen LogP contribution in [-0.4, -0.2) is 53.6 Å². The van der Waals surface area contributed by atoms with Gasteiger partial charge in [0, 0.05) is 35.5 Å². The lowest BCUT2D eigenvalue weighted by Crippen LogP contribution is -2.47. The Morgan fingerprint density at radius 2 is 2.32 bits per heavy atom. The van der Waals surface area contributed by atoms with Gasteiger partial charge in [-0.2, -0.15) is 0 Å². The number of nitrogens with zero attached hydrogens (tertiary/aromatic N) is 1. The molecule has 2 atom stereocenters. The summed E-state index contributed by atoms with van der Waals surface area (Å²) >= 11 is 1.67. The molecular formula is C14H19NO3S. The second-order valence-electron chi connectivity index (χ2n) is 4.71. The van der Waals surface area contributed by atoms with Crippen molar-refractivity contribution in [3.05, 3.63) is 21.9 Å². The van der Waals surface area contributed by atoms with Gasteiger partial charge in [-0.3, -0.25) is 4.90 Å². The zero-order valence-electron chi connectivity index (χ0n) is 11.0. The van der Waals surface area contributed by atoms with E-state index in [1.54, 1.807) is 11.3 Å². The fourth-order valence-corrected chi connectivity index (χ4v) is 3.12. The van der Waals surface area contributed by atoms with Crippen LogP contribution >= 0.6 is 11.3 Å². The highest BCUT2D eigenvalue weighted by molar-refractivity contribution is 7.10. The van der Waals surface area contributed by atoms with Gasteiger partial charge >= 0.3 is 0 Å². The predicted molar refractivity (Wildman–Crippen MR) is 75.0 cm³/mol. The molecule has 1 saturated heterocycles. The molecule has 0 aromatic carbocycles. The Balaban J connectivity index is 1.94. The molecule has 0 radical (unpaired) electrons. The first kappa shape index (κ1) is 14.5. The fourth-order valence-electron chi connectivity index (χ4n) is 2.26. The summed E-state index contributed by atoms with van der Waals surface area (Å²) in [6, 6.07) is 2.06. The summed E-state index contributed by atoms with van der Waals surface area (Å²) in [6.07, 6.45) is 0.0666. The smallest absolute Gasteiger partial charge is 0.104 e. The number of aliphatic hydroxyl groups is 2. The normalized spacial score (nSPS) is 23.9. The van der Waals surface area contributed by atoms with E-state index in [1.807, 2.05) is 12.3 Å². The van der Waals surface area contributed by atoms with Crippen molar-refractivity contribution in [3.8, 4) is 11.8 Å². The quantitative estimate of drug-likeness (QED) is 0.800. The van der Waals surface area contributed by atoms with E-state index < -0.39 is 0 Å². The summed E-state index contributed by atoms with van der Waals surface area (Å²) in [5.41, 5.74) is 0.953. The molecule has 2 rings (SSSR count). The van der Waals surface area contributed by atoms with E-state index in [4.69, 9.17) is 9.84 Å². The second-order valence-corrected chi connectivity index (χ2v) is 5.70. The van der Waals surface area contributed by atoms with Gasteiger partial charge in [-0.15, -0.1) is 11.3 Å². The minimum Gasteiger partial charge on any atom is -0.394 e. The SMILES string of the molecule is CC1CN(Cc2cc(C#CCO)cs2)CC(CO)O1. The van der Waals surface area contributed by atoms with Crippen LogP contribution in [0.4, 0.5) is 0 Å². The van der Waals surface area contributed by atoms with E-state index in [9.17, 15) is 5.11 Å². The third kappa shape index (κ3) is 4.30. The molecule has 0 aliphatic carbocycles. The van der Waals surface area contributed by atoms with E-state index in [0.717, 1.165) is 25.2 Å². The van der Waals surface area contributed by atoms with Gasteiger partial charge in [-0.25, -0.2) is 0 Å². The number of rotatable bonds is 3. The molecule has 1 aromatic rings. The van der Waals surface area contributed by atoms with Gasteiger partial charge in [0.2, 0.25) is 0 Å². The van der Waals surface area contributed by atoms with Crippen LogP contribution in [0.15, 0.2) is 11.4 Å². The highest BCUT2D eigenvalue weighted by atomic mass is 32.1.